The highest BCUT2D eigenvalue weighted by molar-refractivity contribution is 7.99. The van der Waals surface area contributed by atoms with E-state index in [-0.39, 0.29) is 6.04 Å². The van der Waals surface area contributed by atoms with Crippen LogP contribution in [0.2, 0.25) is 0 Å². The maximum Gasteiger partial charge on any atom is 0.137 e. The third-order valence-electron chi connectivity index (χ3n) is 3.21. The van der Waals surface area contributed by atoms with Gasteiger partial charge in [0.15, 0.2) is 0 Å². The van der Waals surface area contributed by atoms with Gasteiger partial charge in [-0.05, 0) is 24.5 Å². The molecule has 1 fully saturated rings. The summed E-state index contributed by atoms with van der Waals surface area (Å²) in [5.74, 6) is 1.75. The smallest absolute Gasteiger partial charge is 0.137 e. The summed E-state index contributed by atoms with van der Waals surface area (Å²) in [6.45, 7) is 0. The van der Waals surface area contributed by atoms with E-state index in [4.69, 9.17) is 10.5 Å². The van der Waals surface area contributed by atoms with Gasteiger partial charge in [0.25, 0.3) is 0 Å². The minimum absolute atomic E-state index is 0.0585. The fourth-order valence-corrected chi connectivity index (χ4v) is 3.48. The Labute approximate surface area is 107 Å². The molecule has 1 aliphatic carbocycles. The van der Waals surface area contributed by atoms with Crippen LogP contribution < -0.4 is 10.5 Å². The van der Waals surface area contributed by atoms with Crippen molar-refractivity contribution in [2.24, 2.45) is 5.73 Å². The van der Waals surface area contributed by atoms with Gasteiger partial charge in [-0.2, -0.15) is 11.8 Å². The number of hydrogen-bond acceptors (Lipinski definition) is 4. The van der Waals surface area contributed by atoms with E-state index in [1.54, 1.807) is 13.3 Å². The number of rotatable bonds is 5. The fraction of sp³-hybridized carbons (Fsp3) is 0.615. The van der Waals surface area contributed by atoms with E-state index in [0.717, 1.165) is 22.3 Å². The first-order chi connectivity index (χ1) is 8.29. The van der Waals surface area contributed by atoms with Crippen LogP contribution >= 0.6 is 11.8 Å². The Hall–Kier alpha value is -0.740. The summed E-state index contributed by atoms with van der Waals surface area (Å²) < 4.78 is 5.16. The highest BCUT2D eigenvalue weighted by atomic mass is 32.2. The monoisotopic (exact) mass is 252 g/mol. The molecule has 1 unspecified atom stereocenters. The molecule has 1 heterocycles. The van der Waals surface area contributed by atoms with E-state index in [2.05, 4.69) is 4.98 Å². The second-order valence-corrected chi connectivity index (χ2v) is 5.84. The third-order valence-corrected chi connectivity index (χ3v) is 4.71. The summed E-state index contributed by atoms with van der Waals surface area (Å²) in [6, 6.07) is 2.04. The fourth-order valence-electron chi connectivity index (χ4n) is 2.14. The van der Waals surface area contributed by atoms with Crippen molar-refractivity contribution < 1.29 is 4.74 Å². The highest BCUT2D eigenvalue weighted by Gasteiger charge is 2.17. The van der Waals surface area contributed by atoms with Crippen molar-refractivity contribution >= 4 is 11.8 Å². The van der Waals surface area contributed by atoms with Gasteiger partial charge in [-0.25, -0.2) is 0 Å². The Kier molecular flexibility index (Phi) is 4.68. The van der Waals surface area contributed by atoms with Crippen LogP contribution in [0, 0.1) is 0 Å². The molecule has 1 atom stereocenters. The van der Waals surface area contributed by atoms with Crippen LogP contribution in [-0.2, 0) is 0 Å². The maximum absolute atomic E-state index is 6.18. The van der Waals surface area contributed by atoms with Crippen molar-refractivity contribution in [3.05, 3.63) is 24.0 Å². The quantitative estimate of drug-likeness (QED) is 0.875. The molecule has 0 saturated heterocycles. The minimum atomic E-state index is 0.0585. The summed E-state index contributed by atoms with van der Waals surface area (Å²) in [5.41, 5.74) is 7.24. The Morgan fingerprint density at radius 1 is 1.47 bits per heavy atom. The molecule has 0 spiro atoms. The minimum Gasteiger partial charge on any atom is -0.495 e. The lowest BCUT2D eigenvalue weighted by atomic mass is 10.1. The van der Waals surface area contributed by atoms with Crippen LogP contribution in [0.15, 0.2) is 18.5 Å². The number of ether oxygens (including phenoxy) is 1. The number of thioether (sulfide) groups is 1. The van der Waals surface area contributed by atoms with Crippen molar-refractivity contribution in [3.8, 4) is 5.75 Å². The molecular formula is C13H20N2OS. The standard InChI is InChI=1S/C13H20N2OS/c1-16-11-6-10(7-15-8-11)13(14)9-17-12-4-2-3-5-12/h6-8,12-13H,2-5,9,14H2,1H3. The van der Waals surface area contributed by atoms with Crippen LogP contribution in [0.4, 0.5) is 0 Å². The summed E-state index contributed by atoms with van der Waals surface area (Å²) in [5, 5.41) is 0.819. The number of pyridine rings is 1. The first-order valence-corrected chi connectivity index (χ1v) is 7.20. The Bertz CT molecular complexity index is 353. The summed E-state index contributed by atoms with van der Waals surface area (Å²) in [7, 11) is 1.65. The van der Waals surface area contributed by atoms with Gasteiger partial charge in [0.2, 0.25) is 0 Å². The van der Waals surface area contributed by atoms with Gasteiger partial charge >= 0.3 is 0 Å². The Morgan fingerprint density at radius 2 is 2.24 bits per heavy atom. The molecular weight excluding hydrogens is 232 g/mol. The molecule has 0 bridgehead atoms. The number of hydrogen-bond donors (Lipinski definition) is 1. The predicted octanol–water partition coefficient (Wildman–Crippen LogP) is 2.77. The molecule has 1 aromatic heterocycles. The maximum atomic E-state index is 6.18. The summed E-state index contributed by atoms with van der Waals surface area (Å²) >= 11 is 2.01. The molecule has 1 saturated carbocycles. The predicted molar refractivity (Wildman–Crippen MR) is 72.4 cm³/mol. The molecule has 0 aromatic carbocycles. The number of aromatic nitrogens is 1. The highest BCUT2D eigenvalue weighted by Crippen LogP contribution is 2.31. The SMILES string of the molecule is COc1cncc(C(N)CSC2CCCC2)c1. The zero-order valence-electron chi connectivity index (χ0n) is 10.3. The first-order valence-electron chi connectivity index (χ1n) is 6.15. The van der Waals surface area contributed by atoms with Crippen LogP contribution in [-0.4, -0.2) is 23.1 Å². The number of methoxy groups -OCH3 is 1. The molecule has 1 aromatic rings. The van der Waals surface area contributed by atoms with E-state index < -0.39 is 0 Å². The zero-order chi connectivity index (χ0) is 12.1. The Morgan fingerprint density at radius 3 is 2.94 bits per heavy atom. The second-order valence-electron chi connectivity index (χ2n) is 4.50. The average Bonchev–Trinajstić information content (AvgIpc) is 2.89. The lowest BCUT2D eigenvalue weighted by Gasteiger charge is -2.15. The van der Waals surface area contributed by atoms with E-state index >= 15 is 0 Å². The summed E-state index contributed by atoms with van der Waals surface area (Å²) in [4.78, 5) is 4.14. The molecule has 17 heavy (non-hydrogen) atoms. The topological polar surface area (TPSA) is 48.1 Å². The van der Waals surface area contributed by atoms with E-state index in [0.29, 0.717) is 0 Å². The van der Waals surface area contributed by atoms with Gasteiger partial charge in [0, 0.05) is 23.2 Å². The van der Waals surface area contributed by atoms with Crippen molar-refractivity contribution in [3.63, 3.8) is 0 Å². The molecule has 0 amide bonds. The van der Waals surface area contributed by atoms with Gasteiger partial charge in [-0.15, -0.1) is 0 Å². The van der Waals surface area contributed by atoms with E-state index in [9.17, 15) is 0 Å². The van der Waals surface area contributed by atoms with Gasteiger partial charge in [0.05, 0.1) is 13.3 Å². The van der Waals surface area contributed by atoms with E-state index in [1.165, 1.54) is 25.7 Å². The van der Waals surface area contributed by atoms with Gasteiger partial charge in [0.1, 0.15) is 5.75 Å². The molecule has 94 valence electrons. The van der Waals surface area contributed by atoms with Crippen molar-refractivity contribution in [1.29, 1.82) is 0 Å². The number of nitrogens with zero attached hydrogens (tertiary/aromatic N) is 1. The molecule has 0 radical (unpaired) electrons. The molecule has 2 rings (SSSR count). The third kappa shape index (κ3) is 3.61. The molecule has 4 heteroatoms. The van der Waals surface area contributed by atoms with Gasteiger partial charge < -0.3 is 10.5 Å². The largest absolute Gasteiger partial charge is 0.495 e. The average molecular weight is 252 g/mol. The first kappa shape index (κ1) is 12.7. The zero-order valence-corrected chi connectivity index (χ0v) is 11.1. The van der Waals surface area contributed by atoms with Crippen molar-refractivity contribution in [1.82, 2.24) is 4.98 Å². The van der Waals surface area contributed by atoms with Crippen LogP contribution in [0.1, 0.15) is 37.3 Å². The van der Waals surface area contributed by atoms with Gasteiger partial charge in [-0.3, -0.25) is 4.98 Å². The molecule has 3 nitrogen and oxygen atoms in total. The van der Waals surface area contributed by atoms with Crippen molar-refractivity contribution in [2.45, 2.75) is 37.0 Å². The van der Waals surface area contributed by atoms with E-state index in [1.807, 2.05) is 24.0 Å². The molecule has 0 aliphatic heterocycles. The summed E-state index contributed by atoms with van der Waals surface area (Å²) in [6.07, 6.45) is 9.02. The molecule has 1 aliphatic rings. The second kappa shape index (κ2) is 6.26. The lowest BCUT2D eigenvalue weighted by molar-refractivity contribution is 0.412. The van der Waals surface area contributed by atoms with Crippen molar-refractivity contribution in [2.75, 3.05) is 12.9 Å². The number of nitrogens with two attached hydrogens (primary N) is 1. The molecule has 2 N–H and O–H groups in total. The van der Waals surface area contributed by atoms with Gasteiger partial charge in [-0.1, -0.05) is 12.8 Å². The lowest BCUT2D eigenvalue weighted by Crippen LogP contribution is -2.15. The normalized spacial score (nSPS) is 18.2. The van der Waals surface area contributed by atoms with Crippen LogP contribution in [0.25, 0.3) is 0 Å². The van der Waals surface area contributed by atoms with Crippen LogP contribution in [0.3, 0.4) is 0 Å². The van der Waals surface area contributed by atoms with Crippen LogP contribution in [0.5, 0.6) is 5.75 Å². The Balaban J connectivity index is 1.87.